The lowest BCUT2D eigenvalue weighted by atomic mass is 10.1. The van der Waals surface area contributed by atoms with Crippen molar-refractivity contribution in [2.24, 2.45) is 0 Å². The van der Waals surface area contributed by atoms with Gasteiger partial charge in [0.25, 0.3) is 0 Å². The molecule has 0 saturated heterocycles. The fourth-order valence-corrected chi connectivity index (χ4v) is 2.32. The molecule has 0 aliphatic rings. The molecule has 1 heterocycles. The van der Waals surface area contributed by atoms with Gasteiger partial charge in [0.2, 0.25) is 5.91 Å². The number of fused-ring (bicyclic) bond motifs is 1. The van der Waals surface area contributed by atoms with Crippen LogP contribution in [-0.2, 0) is 17.8 Å². The third kappa shape index (κ3) is 4.10. The molecule has 2 aromatic carbocycles. The van der Waals surface area contributed by atoms with Crippen LogP contribution in [0, 0.1) is 5.82 Å². The summed E-state index contributed by atoms with van der Waals surface area (Å²) >= 11 is 0. The lowest BCUT2D eigenvalue weighted by Crippen LogP contribution is -2.23. The zero-order valence-electron chi connectivity index (χ0n) is 12.5. The average Bonchev–Trinajstić information content (AvgIpc) is 2.59. The summed E-state index contributed by atoms with van der Waals surface area (Å²) in [6, 6.07) is 11.9. The molecule has 1 amide bonds. The SMILES string of the molecule is O=C(CCc1ccc(F)cc1)NCc1ccc2nccnc2c1. The summed E-state index contributed by atoms with van der Waals surface area (Å²) in [6.07, 6.45) is 4.26. The van der Waals surface area contributed by atoms with Crippen LogP contribution in [0.25, 0.3) is 11.0 Å². The normalized spacial score (nSPS) is 10.7. The number of rotatable bonds is 5. The van der Waals surface area contributed by atoms with Crippen molar-refractivity contribution in [1.29, 1.82) is 0 Å². The molecule has 116 valence electrons. The van der Waals surface area contributed by atoms with Crippen LogP contribution in [0.5, 0.6) is 0 Å². The summed E-state index contributed by atoms with van der Waals surface area (Å²) in [4.78, 5) is 20.4. The number of amides is 1. The Balaban J connectivity index is 1.52. The zero-order chi connectivity index (χ0) is 16.1. The summed E-state index contributed by atoms with van der Waals surface area (Å²) in [7, 11) is 0. The quantitative estimate of drug-likeness (QED) is 0.788. The van der Waals surface area contributed by atoms with Crippen LogP contribution in [0.4, 0.5) is 4.39 Å². The van der Waals surface area contributed by atoms with E-state index >= 15 is 0 Å². The Morgan fingerprint density at radius 1 is 0.957 bits per heavy atom. The molecule has 5 heteroatoms. The van der Waals surface area contributed by atoms with Gasteiger partial charge in [0.15, 0.2) is 0 Å². The fourth-order valence-electron chi connectivity index (χ4n) is 2.32. The number of carbonyl (C=O) groups is 1. The van der Waals surface area contributed by atoms with Gasteiger partial charge in [0.05, 0.1) is 11.0 Å². The van der Waals surface area contributed by atoms with Crippen molar-refractivity contribution in [3.8, 4) is 0 Å². The van der Waals surface area contributed by atoms with Gasteiger partial charge < -0.3 is 5.32 Å². The van der Waals surface area contributed by atoms with E-state index in [1.807, 2.05) is 18.2 Å². The van der Waals surface area contributed by atoms with Gasteiger partial charge >= 0.3 is 0 Å². The standard InChI is InChI=1S/C18H16FN3O/c19-15-5-1-13(2-6-15)4-8-18(23)22-12-14-3-7-16-17(11-14)21-10-9-20-16/h1-3,5-7,9-11H,4,8,12H2,(H,22,23). The molecule has 0 aliphatic heterocycles. The molecule has 3 rings (SSSR count). The Kier molecular flexibility index (Phi) is 4.57. The van der Waals surface area contributed by atoms with Crippen LogP contribution < -0.4 is 5.32 Å². The van der Waals surface area contributed by atoms with E-state index in [1.165, 1.54) is 12.1 Å². The molecule has 23 heavy (non-hydrogen) atoms. The molecule has 0 fully saturated rings. The molecule has 0 aliphatic carbocycles. The van der Waals surface area contributed by atoms with Gasteiger partial charge in [0.1, 0.15) is 5.82 Å². The first kappa shape index (κ1) is 15.1. The van der Waals surface area contributed by atoms with E-state index < -0.39 is 0 Å². The number of halogens is 1. The fraction of sp³-hybridized carbons (Fsp3) is 0.167. The molecular formula is C18H16FN3O. The Morgan fingerprint density at radius 3 is 2.43 bits per heavy atom. The molecule has 0 radical (unpaired) electrons. The van der Waals surface area contributed by atoms with Crippen molar-refractivity contribution in [2.45, 2.75) is 19.4 Å². The van der Waals surface area contributed by atoms with Crippen LogP contribution >= 0.6 is 0 Å². The van der Waals surface area contributed by atoms with Gasteiger partial charge in [-0.2, -0.15) is 0 Å². The molecule has 0 atom stereocenters. The number of hydrogen-bond acceptors (Lipinski definition) is 3. The zero-order valence-corrected chi connectivity index (χ0v) is 12.5. The van der Waals surface area contributed by atoms with E-state index in [2.05, 4.69) is 15.3 Å². The van der Waals surface area contributed by atoms with Crippen LogP contribution in [0.2, 0.25) is 0 Å². The number of aryl methyl sites for hydroxylation is 1. The second-order valence-electron chi connectivity index (χ2n) is 5.28. The van der Waals surface area contributed by atoms with Crippen molar-refractivity contribution in [3.05, 3.63) is 71.8 Å². The van der Waals surface area contributed by atoms with Crippen LogP contribution in [0.15, 0.2) is 54.9 Å². The molecule has 0 saturated carbocycles. The first-order valence-corrected chi connectivity index (χ1v) is 7.41. The van der Waals surface area contributed by atoms with Gasteiger partial charge in [-0.3, -0.25) is 14.8 Å². The molecule has 4 nitrogen and oxygen atoms in total. The molecule has 0 bridgehead atoms. The summed E-state index contributed by atoms with van der Waals surface area (Å²) < 4.78 is 12.8. The number of hydrogen-bond donors (Lipinski definition) is 1. The van der Waals surface area contributed by atoms with E-state index in [0.717, 1.165) is 22.2 Å². The highest BCUT2D eigenvalue weighted by Crippen LogP contribution is 2.11. The van der Waals surface area contributed by atoms with Crippen molar-refractivity contribution in [1.82, 2.24) is 15.3 Å². The Labute approximate surface area is 133 Å². The number of aromatic nitrogens is 2. The summed E-state index contributed by atoms with van der Waals surface area (Å²) in [5.41, 5.74) is 3.57. The Morgan fingerprint density at radius 2 is 1.65 bits per heavy atom. The maximum atomic E-state index is 12.8. The van der Waals surface area contributed by atoms with Crippen LogP contribution in [0.1, 0.15) is 17.5 Å². The maximum absolute atomic E-state index is 12.8. The predicted octanol–water partition coefficient (Wildman–Crippen LogP) is 3.02. The van der Waals surface area contributed by atoms with E-state index in [9.17, 15) is 9.18 Å². The van der Waals surface area contributed by atoms with E-state index in [-0.39, 0.29) is 11.7 Å². The first-order valence-electron chi connectivity index (χ1n) is 7.41. The first-order chi connectivity index (χ1) is 11.2. The third-order valence-electron chi connectivity index (χ3n) is 3.58. The van der Waals surface area contributed by atoms with E-state index in [1.54, 1.807) is 24.5 Å². The lowest BCUT2D eigenvalue weighted by Gasteiger charge is -2.06. The summed E-state index contributed by atoms with van der Waals surface area (Å²) in [5.74, 6) is -0.300. The highest BCUT2D eigenvalue weighted by atomic mass is 19.1. The van der Waals surface area contributed by atoms with E-state index in [0.29, 0.717) is 19.4 Å². The number of nitrogens with one attached hydrogen (secondary N) is 1. The van der Waals surface area contributed by atoms with Crippen molar-refractivity contribution >= 4 is 16.9 Å². The van der Waals surface area contributed by atoms with Gasteiger partial charge in [-0.15, -0.1) is 0 Å². The molecule has 1 N–H and O–H groups in total. The molecule has 3 aromatic rings. The van der Waals surface area contributed by atoms with Gasteiger partial charge in [-0.05, 0) is 41.8 Å². The number of benzene rings is 2. The molecule has 0 unspecified atom stereocenters. The second kappa shape index (κ2) is 6.96. The number of nitrogens with zero attached hydrogens (tertiary/aromatic N) is 2. The van der Waals surface area contributed by atoms with Gasteiger partial charge in [-0.25, -0.2) is 4.39 Å². The van der Waals surface area contributed by atoms with E-state index in [4.69, 9.17) is 0 Å². The predicted molar refractivity (Wildman–Crippen MR) is 86.1 cm³/mol. The highest BCUT2D eigenvalue weighted by Gasteiger charge is 2.04. The minimum atomic E-state index is -0.266. The molecular weight excluding hydrogens is 293 g/mol. The van der Waals surface area contributed by atoms with Gasteiger partial charge in [0, 0.05) is 25.4 Å². The van der Waals surface area contributed by atoms with Gasteiger partial charge in [-0.1, -0.05) is 18.2 Å². The summed E-state index contributed by atoms with van der Waals surface area (Å²) in [6.45, 7) is 0.453. The second-order valence-corrected chi connectivity index (χ2v) is 5.28. The smallest absolute Gasteiger partial charge is 0.220 e. The Bertz CT molecular complexity index is 818. The number of carbonyl (C=O) groups excluding carboxylic acids is 1. The monoisotopic (exact) mass is 309 g/mol. The summed E-state index contributed by atoms with van der Waals surface area (Å²) in [5, 5.41) is 2.88. The van der Waals surface area contributed by atoms with Crippen LogP contribution in [0.3, 0.4) is 0 Å². The lowest BCUT2D eigenvalue weighted by molar-refractivity contribution is -0.121. The largest absolute Gasteiger partial charge is 0.352 e. The van der Waals surface area contributed by atoms with Crippen molar-refractivity contribution in [3.63, 3.8) is 0 Å². The topological polar surface area (TPSA) is 54.9 Å². The molecule has 0 spiro atoms. The average molecular weight is 309 g/mol. The minimum Gasteiger partial charge on any atom is -0.352 e. The molecule has 1 aromatic heterocycles. The highest BCUT2D eigenvalue weighted by molar-refractivity contribution is 5.77. The van der Waals surface area contributed by atoms with Crippen molar-refractivity contribution < 1.29 is 9.18 Å². The Hall–Kier alpha value is -2.82. The third-order valence-corrected chi connectivity index (χ3v) is 3.58. The van der Waals surface area contributed by atoms with Crippen molar-refractivity contribution in [2.75, 3.05) is 0 Å². The maximum Gasteiger partial charge on any atom is 0.220 e. The van der Waals surface area contributed by atoms with Crippen LogP contribution in [-0.4, -0.2) is 15.9 Å². The minimum absolute atomic E-state index is 0.0337.